The van der Waals surface area contributed by atoms with Gasteiger partial charge in [0.05, 0.1) is 13.2 Å². The van der Waals surface area contributed by atoms with Crippen molar-refractivity contribution in [2.75, 3.05) is 13.2 Å². The molecule has 6 heteroatoms. The summed E-state index contributed by atoms with van der Waals surface area (Å²) in [5.74, 6) is -0.767. The first-order chi connectivity index (χ1) is 10.5. The van der Waals surface area contributed by atoms with Gasteiger partial charge in [0.1, 0.15) is 12.2 Å². The van der Waals surface area contributed by atoms with Gasteiger partial charge in [-0.15, -0.1) is 0 Å². The monoisotopic (exact) mass is 310 g/mol. The van der Waals surface area contributed by atoms with Crippen molar-refractivity contribution in [2.45, 2.75) is 52.1 Å². The second-order valence-electron chi connectivity index (χ2n) is 5.43. The first-order valence-corrected chi connectivity index (χ1v) is 7.39. The summed E-state index contributed by atoms with van der Waals surface area (Å²) in [4.78, 5) is 23.6. The van der Waals surface area contributed by atoms with Crippen LogP contribution in [-0.2, 0) is 28.5 Å². The van der Waals surface area contributed by atoms with Crippen LogP contribution in [-0.4, -0.2) is 49.6 Å². The standard InChI is InChI=1S/C16H22O6/c1-5-9(3)15(17)21-11-7-19-14-12(8-20-13(11)14)22-16(18)10(4)6-2/h5-6,11-14H,7-8H2,1-4H3/b9-5+,10-6+. The third kappa shape index (κ3) is 3.39. The summed E-state index contributed by atoms with van der Waals surface area (Å²) in [6, 6.07) is 0. The number of allylic oxidation sites excluding steroid dienone is 2. The number of carbonyl (C=O) groups excluding carboxylic acids is 2. The first kappa shape index (κ1) is 16.7. The van der Waals surface area contributed by atoms with Crippen LogP contribution in [0.1, 0.15) is 27.7 Å². The topological polar surface area (TPSA) is 71.1 Å². The molecule has 122 valence electrons. The summed E-state index contributed by atoms with van der Waals surface area (Å²) < 4.78 is 22.0. The highest BCUT2D eigenvalue weighted by molar-refractivity contribution is 5.88. The zero-order chi connectivity index (χ0) is 16.3. The van der Waals surface area contributed by atoms with Crippen LogP contribution in [0.3, 0.4) is 0 Å². The van der Waals surface area contributed by atoms with Gasteiger partial charge in [-0.2, -0.15) is 0 Å². The molecule has 2 heterocycles. The van der Waals surface area contributed by atoms with Crippen molar-refractivity contribution in [1.29, 1.82) is 0 Å². The van der Waals surface area contributed by atoms with Crippen molar-refractivity contribution in [3.8, 4) is 0 Å². The minimum atomic E-state index is -0.473. The van der Waals surface area contributed by atoms with Crippen LogP contribution in [0.2, 0.25) is 0 Å². The average Bonchev–Trinajstić information content (AvgIpc) is 3.09. The molecule has 4 unspecified atom stereocenters. The summed E-state index contributed by atoms with van der Waals surface area (Å²) in [5.41, 5.74) is 1.07. The SMILES string of the molecule is C/C=C(\C)C(=O)OC1COC2C(OC(=O)/C(C)=C/C)COC12. The molecule has 2 rings (SSSR count). The van der Waals surface area contributed by atoms with E-state index < -0.39 is 24.4 Å². The number of ether oxygens (including phenoxy) is 4. The van der Waals surface area contributed by atoms with E-state index >= 15 is 0 Å². The van der Waals surface area contributed by atoms with Gasteiger partial charge in [-0.25, -0.2) is 9.59 Å². The van der Waals surface area contributed by atoms with E-state index in [1.807, 2.05) is 0 Å². The summed E-state index contributed by atoms with van der Waals surface area (Å²) in [7, 11) is 0. The van der Waals surface area contributed by atoms with Crippen LogP contribution >= 0.6 is 0 Å². The molecule has 0 amide bonds. The largest absolute Gasteiger partial charge is 0.454 e. The second-order valence-corrected chi connectivity index (χ2v) is 5.43. The predicted octanol–water partition coefficient (Wildman–Crippen LogP) is 1.54. The number of rotatable bonds is 4. The molecule has 4 atom stereocenters. The highest BCUT2D eigenvalue weighted by atomic mass is 16.7. The Morgan fingerprint density at radius 3 is 1.55 bits per heavy atom. The normalized spacial score (nSPS) is 31.8. The molecule has 0 spiro atoms. The molecule has 0 aliphatic carbocycles. The van der Waals surface area contributed by atoms with Gasteiger partial charge in [-0.05, 0) is 27.7 Å². The fourth-order valence-electron chi connectivity index (χ4n) is 2.33. The maximum atomic E-state index is 11.8. The van der Waals surface area contributed by atoms with E-state index in [9.17, 15) is 9.59 Å². The molecule has 2 saturated heterocycles. The van der Waals surface area contributed by atoms with E-state index in [4.69, 9.17) is 18.9 Å². The van der Waals surface area contributed by atoms with Gasteiger partial charge in [0.25, 0.3) is 0 Å². The fourth-order valence-corrected chi connectivity index (χ4v) is 2.33. The Balaban J connectivity index is 1.94. The Bertz CT molecular complexity index is 461. The highest BCUT2D eigenvalue weighted by Crippen LogP contribution is 2.31. The van der Waals surface area contributed by atoms with E-state index in [2.05, 4.69) is 0 Å². The molecule has 0 saturated carbocycles. The van der Waals surface area contributed by atoms with Crippen molar-refractivity contribution in [2.24, 2.45) is 0 Å². The van der Waals surface area contributed by atoms with Crippen LogP contribution in [0.4, 0.5) is 0 Å². The quantitative estimate of drug-likeness (QED) is 0.579. The summed E-state index contributed by atoms with van der Waals surface area (Å²) >= 11 is 0. The van der Waals surface area contributed by atoms with Crippen LogP contribution in [0, 0.1) is 0 Å². The van der Waals surface area contributed by atoms with Crippen molar-refractivity contribution in [3.05, 3.63) is 23.3 Å². The van der Waals surface area contributed by atoms with Crippen LogP contribution < -0.4 is 0 Å². The molecule has 0 N–H and O–H groups in total. The minimum absolute atomic E-state index is 0.245. The number of hydrogen-bond donors (Lipinski definition) is 0. The number of hydrogen-bond acceptors (Lipinski definition) is 6. The molecule has 0 bridgehead atoms. The van der Waals surface area contributed by atoms with Crippen LogP contribution in [0.15, 0.2) is 23.3 Å². The molecule has 0 aromatic rings. The lowest BCUT2D eigenvalue weighted by molar-refractivity contribution is -0.150. The third-order valence-corrected chi connectivity index (χ3v) is 3.99. The Hall–Kier alpha value is -1.66. The Labute approximate surface area is 130 Å². The van der Waals surface area contributed by atoms with Gasteiger partial charge in [0, 0.05) is 11.1 Å². The van der Waals surface area contributed by atoms with Gasteiger partial charge in [0.2, 0.25) is 0 Å². The molecule has 2 aliphatic heterocycles. The predicted molar refractivity (Wildman–Crippen MR) is 78.1 cm³/mol. The van der Waals surface area contributed by atoms with Gasteiger partial charge in [0.15, 0.2) is 12.2 Å². The van der Waals surface area contributed by atoms with Gasteiger partial charge in [-0.3, -0.25) is 0 Å². The lowest BCUT2D eigenvalue weighted by atomic mass is 10.1. The molecule has 0 aromatic carbocycles. The average molecular weight is 310 g/mol. The summed E-state index contributed by atoms with van der Waals surface area (Å²) in [6.45, 7) is 7.42. The molecular formula is C16H22O6. The van der Waals surface area contributed by atoms with Crippen molar-refractivity contribution in [3.63, 3.8) is 0 Å². The first-order valence-electron chi connectivity index (χ1n) is 7.39. The second kappa shape index (κ2) is 7.07. The highest BCUT2D eigenvalue weighted by Gasteiger charge is 2.51. The molecule has 22 heavy (non-hydrogen) atoms. The minimum Gasteiger partial charge on any atom is -0.454 e. The van der Waals surface area contributed by atoms with E-state index in [0.717, 1.165) is 0 Å². The van der Waals surface area contributed by atoms with Gasteiger partial charge >= 0.3 is 11.9 Å². The molecule has 2 fully saturated rings. The van der Waals surface area contributed by atoms with Gasteiger partial charge in [-0.1, -0.05) is 12.2 Å². The summed E-state index contributed by atoms with van der Waals surface area (Å²) in [5, 5.41) is 0. The fraction of sp³-hybridized carbons (Fsp3) is 0.625. The van der Waals surface area contributed by atoms with Crippen molar-refractivity contribution >= 4 is 11.9 Å². The Morgan fingerprint density at radius 1 is 0.864 bits per heavy atom. The molecule has 2 aliphatic rings. The zero-order valence-electron chi connectivity index (χ0n) is 13.3. The van der Waals surface area contributed by atoms with Gasteiger partial charge < -0.3 is 18.9 Å². The maximum absolute atomic E-state index is 11.8. The smallest absolute Gasteiger partial charge is 0.333 e. The van der Waals surface area contributed by atoms with Crippen LogP contribution in [0.5, 0.6) is 0 Å². The number of esters is 2. The zero-order valence-corrected chi connectivity index (χ0v) is 13.3. The van der Waals surface area contributed by atoms with E-state index in [-0.39, 0.29) is 25.2 Å². The molecule has 0 aromatic heterocycles. The Morgan fingerprint density at radius 2 is 1.23 bits per heavy atom. The van der Waals surface area contributed by atoms with Crippen molar-refractivity contribution < 1.29 is 28.5 Å². The maximum Gasteiger partial charge on any atom is 0.333 e. The Kier molecular flexibility index (Phi) is 5.37. The molecular weight excluding hydrogens is 288 g/mol. The van der Waals surface area contributed by atoms with Crippen LogP contribution in [0.25, 0.3) is 0 Å². The van der Waals surface area contributed by atoms with Crippen molar-refractivity contribution in [1.82, 2.24) is 0 Å². The van der Waals surface area contributed by atoms with E-state index in [0.29, 0.717) is 11.1 Å². The lowest BCUT2D eigenvalue weighted by Gasteiger charge is -2.17. The molecule has 0 radical (unpaired) electrons. The van der Waals surface area contributed by atoms with E-state index in [1.165, 1.54) is 0 Å². The summed E-state index contributed by atoms with van der Waals surface area (Å²) in [6.07, 6.45) is 1.65. The molecule has 6 nitrogen and oxygen atoms in total. The van der Waals surface area contributed by atoms with E-state index in [1.54, 1.807) is 39.8 Å². The number of fused-ring (bicyclic) bond motifs is 1. The third-order valence-electron chi connectivity index (χ3n) is 3.99. The number of carbonyl (C=O) groups is 2. The lowest BCUT2D eigenvalue weighted by Crippen LogP contribution is -2.36.